The van der Waals surface area contributed by atoms with E-state index >= 15 is 0 Å². The molecule has 0 fully saturated rings. The van der Waals surface area contributed by atoms with Crippen LogP contribution in [0, 0.1) is 5.82 Å². The number of carbonyl (C=O) groups is 1. The number of benzene rings is 3. The third kappa shape index (κ3) is 6.50. The van der Waals surface area contributed by atoms with E-state index < -0.39 is 18.4 Å². The van der Waals surface area contributed by atoms with Crippen LogP contribution in [-0.4, -0.2) is 31.9 Å². The first-order valence-corrected chi connectivity index (χ1v) is 9.74. The van der Waals surface area contributed by atoms with Crippen molar-refractivity contribution < 1.29 is 33.2 Å². The fraction of sp³-hybridized carbons (Fsp3) is 0.160. The molecule has 0 aromatic heterocycles. The Bertz CT molecular complexity index is 1090. The van der Waals surface area contributed by atoms with Crippen LogP contribution in [0.4, 0.5) is 4.39 Å². The zero-order chi connectivity index (χ0) is 22.9. The SMILES string of the molecule is COc1ccc(/C=C/c2cc(OC)cc(OCc3ccc(OCC(=O)O)c(F)c3)c2)cc1. The maximum absolute atomic E-state index is 14.1. The molecular formula is C25H23FO6. The van der Waals surface area contributed by atoms with Crippen molar-refractivity contribution in [3.8, 4) is 23.0 Å². The maximum Gasteiger partial charge on any atom is 0.341 e. The molecule has 0 saturated heterocycles. The van der Waals surface area contributed by atoms with Gasteiger partial charge in [0.1, 0.15) is 23.9 Å². The number of hydrogen-bond donors (Lipinski definition) is 1. The third-order valence-electron chi connectivity index (χ3n) is 4.48. The van der Waals surface area contributed by atoms with Crippen LogP contribution in [0.25, 0.3) is 12.2 Å². The lowest BCUT2D eigenvalue weighted by atomic mass is 10.1. The number of methoxy groups -OCH3 is 2. The van der Waals surface area contributed by atoms with Crippen LogP contribution in [0.2, 0.25) is 0 Å². The van der Waals surface area contributed by atoms with E-state index in [1.165, 1.54) is 12.1 Å². The van der Waals surface area contributed by atoms with Gasteiger partial charge in [-0.25, -0.2) is 9.18 Å². The monoisotopic (exact) mass is 438 g/mol. The molecule has 0 atom stereocenters. The Kier molecular flexibility index (Phi) is 7.70. The summed E-state index contributed by atoms with van der Waals surface area (Å²) in [6.45, 7) is -0.492. The van der Waals surface area contributed by atoms with Gasteiger partial charge in [-0.3, -0.25) is 0 Å². The molecule has 3 rings (SSSR count). The Morgan fingerprint density at radius 3 is 2.19 bits per heavy atom. The highest BCUT2D eigenvalue weighted by molar-refractivity contribution is 5.71. The summed E-state index contributed by atoms with van der Waals surface area (Å²) in [5.74, 6) is 0.0271. The van der Waals surface area contributed by atoms with E-state index in [9.17, 15) is 9.18 Å². The van der Waals surface area contributed by atoms with E-state index in [-0.39, 0.29) is 12.4 Å². The second kappa shape index (κ2) is 10.9. The Hall–Kier alpha value is -4.00. The van der Waals surface area contributed by atoms with E-state index in [0.717, 1.165) is 16.9 Å². The maximum atomic E-state index is 14.1. The molecule has 166 valence electrons. The molecule has 0 aliphatic rings. The zero-order valence-electron chi connectivity index (χ0n) is 17.7. The van der Waals surface area contributed by atoms with Crippen molar-refractivity contribution in [1.29, 1.82) is 0 Å². The summed E-state index contributed by atoms with van der Waals surface area (Å²) in [5.41, 5.74) is 2.46. The Morgan fingerprint density at radius 2 is 1.53 bits per heavy atom. The number of halogens is 1. The van der Waals surface area contributed by atoms with Crippen LogP contribution in [0.3, 0.4) is 0 Å². The topological polar surface area (TPSA) is 74.2 Å². The first-order valence-electron chi connectivity index (χ1n) is 9.74. The van der Waals surface area contributed by atoms with E-state index in [4.69, 9.17) is 24.1 Å². The molecule has 0 heterocycles. The number of hydrogen-bond acceptors (Lipinski definition) is 5. The molecule has 0 saturated carbocycles. The van der Waals surface area contributed by atoms with E-state index in [0.29, 0.717) is 17.1 Å². The van der Waals surface area contributed by atoms with E-state index in [2.05, 4.69) is 0 Å². The van der Waals surface area contributed by atoms with Gasteiger partial charge in [-0.15, -0.1) is 0 Å². The van der Waals surface area contributed by atoms with Gasteiger partial charge in [-0.05, 0) is 53.1 Å². The summed E-state index contributed by atoms with van der Waals surface area (Å²) in [5, 5.41) is 8.63. The van der Waals surface area contributed by atoms with Crippen molar-refractivity contribution in [3.63, 3.8) is 0 Å². The first-order chi connectivity index (χ1) is 15.5. The van der Waals surface area contributed by atoms with Crippen LogP contribution in [0.5, 0.6) is 23.0 Å². The fourth-order valence-electron chi connectivity index (χ4n) is 2.86. The third-order valence-corrected chi connectivity index (χ3v) is 4.48. The molecule has 0 unspecified atom stereocenters. The van der Waals surface area contributed by atoms with Crippen molar-refractivity contribution >= 4 is 18.1 Å². The molecule has 7 heteroatoms. The number of carboxylic acid groups (broad SMARTS) is 1. The summed E-state index contributed by atoms with van der Waals surface area (Å²) in [6.07, 6.45) is 3.90. The zero-order valence-corrected chi connectivity index (χ0v) is 17.7. The van der Waals surface area contributed by atoms with Crippen molar-refractivity contribution in [2.45, 2.75) is 6.61 Å². The van der Waals surface area contributed by atoms with Crippen LogP contribution in [0.15, 0.2) is 60.7 Å². The Morgan fingerprint density at radius 1 is 0.844 bits per heavy atom. The second-order valence-electron chi connectivity index (χ2n) is 6.78. The van der Waals surface area contributed by atoms with Crippen LogP contribution >= 0.6 is 0 Å². The fourth-order valence-corrected chi connectivity index (χ4v) is 2.86. The number of rotatable bonds is 10. The molecule has 6 nitrogen and oxygen atoms in total. The summed E-state index contributed by atoms with van der Waals surface area (Å²) < 4.78 is 35.3. The van der Waals surface area contributed by atoms with E-state index in [1.807, 2.05) is 48.6 Å². The molecule has 0 aliphatic heterocycles. The van der Waals surface area contributed by atoms with Gasteiger partial charge in [0.15, 0.2) is 18.2 Å². The van der Waals surface area contributed by atoms with Gasteiger partial charge in [0.25, 0.3) is 0 Å². The van der Waals surface area contributed by atoms with Crippen molar-refractivity contribution in [2.75, 3.05) is 20.8 Å². The van der Waals surface area contributed by atoms with Crippen molar-refractivity contribution in [2.24, 2.45) is 0 Å². The quantitative estimate of drug-likeness (QED) is 0.446. The summed E-state index contributed by atoms with van der Waals surface area (Å²) >= 11 is 0. The predicted octanol–water partition coefficient (Wildman–Crippen LogP) is 5.06. The highest BCUT2D eigenvalue weighted by Gasteiger charge is 2.08. The molecule has 32 heavy (non-hydrogen) atoms. The largest absolute Gasteiger partial charge is 0.497 e. The lowest BCUT2D eigenvalue weighted by Gasteiger charge is -2.11. The number of ether oxygens (including phenoxy) is 4. The normalized spacial score (nSPS) is 10.7. The minimum atomic E-state index is -1.17. The molecule has 3 aromatic carbocycles. The van der Waals surface area contributed by atoms with Gasteiger partial charge in [0, 0.05) is 6.07 Å². The average molecular weight is 438 g/mol. The minimum absolute atomic E-state index is 0.116. The molecule has 0 radical (unpaired) electrons. The van der Waals surface area contributed by atoms with Gasteiger partial charge >= 0.3 is 5.97 Å². The van der Waals surface area contributed by atoms with Crippen LogP contribution in [-0.2, 0) is 11.4 Å². The molecule has 0 aliphatic carbocycles. The van der Waals surface area contributed by atoms with Gasteiger partial charge in [0.2, 0.25) is 0 Å². The second-order valence-corrected chi connectivity index (χ2v) is 6.78. The Labute approximate surface area is 185 Å². The molecule has 0 bridgehead atoms. The first kappa shape index (κ1) is 22.7. The van der Waals surface area contributed by atoms with E-state index in [1.54, 1.807) is 26.4 Å². The number of aliphatic carboxylic acids is 1. The van der Waals surface area contributed by atoms with Gasteiger partial charge < -0.3 is 24.1 Å². The molecule has 0 amide bonds. The Balaban J connectivity index is 1.69. The minimum Gasteiger partial charge on any atom is -0.497 e. The molecule has 1 N–H and O–H groups in total. The lowest BCUT2D eigenvalue weighted by molar-refractivity contribution is -0.139. The summed E-state index contributed by atoms with van der Waals surface area (Å²) in [4.78, 5) is 10.6. The standard InChI is InChI=1S/C25H23FO6/c1-29-20-8-5-17(6-9-20)3-4-18-11-21(30-2)14-22(12-18)31-15-19-7-10-24(23(26)13-19)32-16-25(27)28/h3-14H,15-16H2,1-2H3,(H,27,28)/b4-3+. The average Bonchev–Trinajstić information content (AvgIpc) is 2.81. The summed E-state index contributed by atoms with van der Waals surface area (Å²) in [6, 6.07) is 17.4. The van der Waals surface area contributed by atoms with Gasteiger partial charge in [0.05, 0.1) is 14.2 Å². The smallest absolute Gasteiger partial charge is 0.341 e. The summed E-state index contributed by atoms with van der Waals surface area (Å²) in [7, 11) is 3.19. The van der Waals surface area contributed by atoms with Gasteiger partial charge in [-0.1, -0.05) is 30.4 Å². The van der Waals surface area contributed by atoms with Crippen molar-refractivity contribution in [3.05, 3.63) is 83.2 Å². The molecule has 0 spiro atoms. The highest BCUT2D eigenvalue weighted by atomic mass is 19.1. The van der Waals surface area contributed by atoms with Crippen LogP contribution < -0.4 is 18.9 Å². The van der Waals surface area contributed by atoms with Crippen molar-refractivity contribution in [1.82, 2.24) is 0 Å². The lowest BCUT2D eigenvalue weighted by Crippen LogP contribution is -2.10. The van der Waals surface area contributed by atoms with Crippen LogP contribution in [0.1, 0.15) is 16.7 Å². The highest BCUT2D eigenvalue weighted by Crippen LogP contribution is 2.26. The predicted molar refractivity (Wildman–Crippen MR) is 119 cm³/mol. The molecular weight excluding hydrogens is 415 g/mol. The molecule has 3 aromatic rings. The van der Waals surface area contributed by atoms with Gasteiger partial charge in [-0.2, -0.15) is 0 Å². The number of carboxylic acids is 1.